The summed E-state index contributed by atoms with van der Waals surface area (Å²) in [5, 5.41) is 0. The van der Waals surface area contributed by atoms with Crippen molar-refractivity contribution in [3.05, 3.63) is 0 Å². The predicted molar refractivity (Wildman–Crippen MR) is 57.4 cm³/mol. The molecule has 0 heterocycles. The zero-order chi connectivity index (χ0) is 9.84. The standard InChI is InChI=1S/C11H24N2/c1-8-4-3-5-11(13)9(2)7-10(12)6-8/h8-11H,3-7,12-13H2,1-2H3/t8?,9?,10-,11+/m0/s1. The molecule has 2 heteroatoms. The van der Waals surface area contributed by atoms with Crippen LogP contribution in [0.25, 0.3) is 0 Å². The normalized spacial score (nSPS) is 43.4. The van der Waals surface area contributed by atoms with Crippen LogP contribution in [0, 0.1) is 11.8 Å². The Morgan fingerprint density at radius 2 is 1.69 bits per heavy atom. The third kappa shape index (κ3) is 3.65. The van der Waals surface area contributed by atoms with Gasteiger partial charge in [-0.2, -0.15) is 0 Å². The summed E-state index contributed by atoms with van der Waals surface area (Å²) >= 11 is 0. The third-order valence-corrected chi connectivity index (χ3v) is 3.34. The van der Waals surface area contributed by atoms with Gasteiger partial charge in [-0.25, -0.2) is 0 Å². The van der Waals surface area contributed by atoms with E-state index in [4.69, 9.17) is 11.5 Å². The molecule has 0 aliphatic heterocycles. The van der Waals surface area contributed by atoms with Gasteiger partial charge < -0.3 is 11.5 Å². The summed E-state index contributed by atoms with van der Waals surface area (Å²) in [6, 6.07) is 0.741. The van der Waals surface area contributed by atoms with Gasteiger partial charge in [0.2, 0.25) is 0 Å². The van der Waals surface area contributed by atoms with E-state index in [9.17, 15) is 0 Å². The van der Waals surface area contributed by atoms with Crippen molar-refractivity contribution in [3.63, 3.8) is 0 Å². The van der Waals surface area contributed by atoms with E-state index in [0.717, 1.165) is 12.3 Å². The van der Waals surface area contributed by atoms with Crippen molar-refractivity contribution < 1.29 is 0 Å². The molecule has 1 saturated carbocycles. The van der Waals surface area contributed by atoms with Gasteiger partial charge in [0.05, 0.1) is 0 Å². The maximum Gasteiger partial charge on any atom is 0.00651 e. The van der Waals surface area contributed by atoms with Gasteiger partial charge in [-0.1, -0.05) is 26.7 Å². The van der Waals surface area contributed by atoms with E-state index in [-0.39, 0.29) is 0 Å². The van der Waals surface area contributed by atoms with Crippen LogP contribution in [-0.4, -0.2) is 12.1 Å². The molecule has 0 aromatic rings. The molecule has 1 fully saturated rings. The minimum absolute atomic E-state index is 0.370. The van der Waals surface area contributed by atoms with Crippen LogP contribution in [0.2, 0.25) is 0 Å². The second-order valence-electron chi connectivity index (χ2n) is 4.91. The van der Waals surface area contributed by atoms with Gasteiger partial charge >= 0.3 is 0 Å². The van der Waals surface area contributed by atoms with Crippen LogP contribution in [0.15, 0.2) is 0 Å². The van der Waals surface area contributed by atoms with E-state index in [2.05, 4.69) is 13.8 Å². The first-order valence-corrected chi connectivity index (χ1v) is 5.60. The first-order chi connectivity index (χ1) is 6.09. The Bertz CT molecular complexity index is 147. The maximum atomic E-state index is 6.07. The van der Waals surface area contributed by atoms with Crippen LogP contribution >= 0.6 is 0 Å². The van der Waals surface area contributed by atoms with E-state index >= 15 is 0 Å². The highest BCUT2D eigenvalue weighted by Gasteiger charge is 2.20. The van der Waals surface area contributed by atoms with Crippen molar-refractivity contribution in [1.29, 1.82) is 0 Å². The Morgan fingerprint density at radius 1 is 1.00 bits per heavy atom. The van der Waals surface area contributed by atoms with E-state index in [1.807, 2.05) is 0 Å². The molecule has 0 bridgehead atoms. The average Bonchev–Trinajstić information content (AvgIpc) is 2.06. The van der Waals surface area contributed by atoms with Crippen LogP contribution in [-0.2, 0) is 0 Å². The van der Waals surface area contributed by atoms with Crippen LogP contribution in [0.4, 0.5) is 0 Å². The number of hydrogen-bond donors (Lipinski definition) is 2. The molecule has 0 aromatic carbocycles. The van der Waals surface area contributed by atoms with E-state index in [1.54, 1.807) is 0 Å². The molecule has 0 saturated heterocycles. The molecule has 4 N–H and O–H groups in total. The molecular formula is C11H24N2. The second-order valence-corrected chi connectivity index (χ2v) is 4.91. The topological polar surface area (TPSA) is 52.0 Å². The Morgan fingerprint density at radius 3 is 2.38 bits per heavy atom. The number of hydrogen-bond acceptors (Lipinski definition) is 2. The maximum absolute atomic E-state index is 6.07. The van der Waals surface area contributed by atoms with Crippen molar-refractivity contribution >= 4 is 0 Å². The van der Waals surface area contributed by atoms with Crippen molar-refractivity contribution in [2.24, 2.45) is 23.3 Å². The lowest BCUT2D eigenvalue weighted by atomic mass is 9.92. The van der Waals surface area contributed by atoms with Crippen molar-refractivity contribution in [1.82, 2.24) is 0 Å². The molecule has 13 heavy (non-hydrogen) atoms. The van der Waals surface area contributed by atoms with Crippen LogP contribution in [0.1, 0.15) is 46.0 Å². The van der Waals surface area contributed by atoms with E-state index < -0.39 is 0 Å². The fraction of sp³-hybridized carbons (Fsp3) is 1.00. The van der Waals surface area contributed by atoms with Gasteiger partial charge in [-0.15, -0.1) is 0 Å². The van der Waals surface area contributed by atoms with Crippen LogP contribution < -0.4 is 11.5 Å². The summed E-state index contributed by atoms with van der Waals surface area (Å²) in [6.07, 6.45) is 6.04. The largest absolute Gasteiger partial charge is 0.328 e. The minimum atomic E-state index is 0.370. The lowest BCUT2D eigenvalue weighted by Crippen LogP contribution is -2.33. The lowest BCUT2D eigenvalue weighted by molar-refractivity contribution is 0.369. The van der Waals surface area contributed by atoms with Crippen molar-refractivity contribution in [2.75, 3.05) is 0 Å². The Labute approximate surface area is 82.1 Å². The van der Waals surface area contributed by atoms with Crippen molar-refractivity contribution in [3.8, 4) is 0 Å². The Hall–Kier alpha value is -0.0800. The van der Waals surface area contributed by atoms with E-state index in [0.29, 0.717) is 18.0 Å². The molecule has 4 atom stereocenters. The molecule has 1 aliphatic carbocycles. The Balaban J connectivity index is 2.48. The fourth-order valence-corrected chi connectivity index (χ4v) is 2.37. The molecule has 0 spiro atoms. The van der Waals surface area contributed by atoms with Gasteiger partial charge in [0.25, 0.3) is 0 Å². The second kappa shape index (κ2) is 4.97. The molecule has 1 rings (SSSR count). The first kappa shape index (κ1) is 11.0. The summed E-state index contributed by atoms with van der Waals surface area (Å²) in [4.78, 5) is 0. The highest BCUT2D eigenvalue weighted by molar-refractivity contribution is 4.78. The number of rotatable bonds is 0. The molecular weight excluding hydrogens is 160 g/mol. The van der Waals surface area contributed by atoms with Gasteiger partial charge in [0.1, 0.15) is 0 Å². The van der Waals surface area contributed by atoms with Crippen molar-refractivity contribution in [2.45, 2.75) is 58.0 Å². The first-order valence-electron chi connectivity index (χ1n) is 5.60. The molecule has 0 radical (unpaired) electrons. The molecule has 1 aliphatic rings. The smallest absolute Gasteiger partial charge is 0.00651 e. The quantitative estimate of drug-likeness (QED) is 0.604. The Kier molecular flexibility index (Phi) is 4.20. The number of nitrogens with two attached hydrogens (primary N) is 2. The zero-order valence-corrected chi connectivity index (χ0v) is 9.00. The monoisotopic (exact) mass is 184 g/mol. The zero-order valence-electron chi connectivity index (χ0n) is 9.00. The highest BCUT2D eigenvalue weighted by atomic mass is 14.7. The van der Waals surface area contributed by atoms with Gasteiger partial charge in [-0.3, -0.25) is 0 Å². The van der Waals surface area contributed by atoms with Gasteiger partial charge in [0.15, 0.2) is 0 Å². The summed E-state index contributed by atoms with van der Waals surface area (Å²) in [5.41, 5.74) is 12.1. The third-order valence-electron chi connectivity index (χ3n) is 3.34. The summed E-state index contributed by atoms with van der Waals surface area (Å²) in [7, 11) is 0. The molecule has 2 nitrogen and oxygen atoms in total. The molecule has 0 aromatic heterocycles. The summed E-state index contributed by atoms with van der Waals surface area (Å²) < 4.78 is 0. The highest BCUT2D eigenvalue weighted by Crippen LogP contribution is 2.23. The SMILES string of the molecule is CC1CCC[C@@H](N)C(C)C[C@@H](N)C1. The summed E-state index contributed by atoms with van der Waals surface area (Å²) in [6.45, 7) is 4.54. The lowest BCUT2D eigenvalue weighted by Gasteiger charge is -2.21. The molecule has 2 unspecified atom stereocenters. The average molecular weight is 184 g/mol. The van der Waals surface area contributed by atoms with E-state index in [1.165, 1.54) is 25.7 Å². The van der Waals surface area contributed by atoms with Crippen LogP contribution in [0.3, 0.4) is 0 Å². The molecule has 78 valence electrons. The van der Waals surface area contributed by atoms with Crippen LogP contribution in [0.5, 0.6) is 0 Å². The predicted octanol–water partition coefficient (Wildman–Crippen LogP) is 1.88. The van der Waals surface area contributed by atoms with Gasteiger partial charge in [-0.05, 0) is 31.1 Å². The summed E-state index contributed by atoms with van der Waals surface area (Å²) in [5.74, 6) is 1.38. The van der Waals surface area contributed by atoms with Gasteiger partial charge in [0, 0.05) is 12.1 Å². The minimum Gasteiger partial charge on any atom is -0.328 e. The molecule has 0 amide bonds. The fourth-order valence-electron chi connectivity index (χ4n) is 2.37.